The molecule has 2 rings (SSSR count). The summed E-state index contributed by atoms with van der Waals surface area (Å²) in [7, 11) is 0. The van der Waals surface area contributed by atoms with Crippen molar-refractivity contribution in [1.82, 2.24) is 4.90 Å². The Morgan fingerprint density at radius 2 is 1.84 bits per heavy atom. The zero-order chi connectivity index (χ0) is 13.9. The summed E-state index contributed by atoms with van der Waals surface area (Å²) in [6.07, 6.45) is 9.83. The third kappa shape index (κ3) is 3.29. The highest BCUT2D eigenvalue weighted by Crippen LogP contribution is 2.33. The van der Waals surface area contributed by atoms with E-state index in [9.17, 15) is 9.90 Å². The van der Waals surface area contributed by atoms with Gasteiger partial charge in [0, 0.05) is 12.1 Å². The zero-order valence-electron chi connectivity index (χ0n) is 12.1. The van der Waals surface area contributed by atoms with E-state index in [0.717, 1.165) is 19.4 Å². The average molecular weight is 268 g/mol. The van der Waals surface area contributed by atoms with Crippen LogP contribution < -0.4 is 5.73 Å². The van der Waals surface area contributed by atoms with Gasteiger partial charge in [0.2, 0.25) is 0 Å². The van der Waals surface area contributed by atoms with E-state index in [1.165, 1.54) is 32.1 Å². The predicted octanol–water partition coefficient (Wildman–Crippen LogP) is 2.37. The van der Waals surface area contributed by atoms with Crippen molar-refractivity contribution in [2.24, 2.45) is 5.73 Å². The Morgan fingerprint density at radius 3 is 2.42 bits per heavy atom. The molecule has 19 heavy (non-hydrogen) atoms. The van der Waals surface area contributed by atoms with Crippen LogP contribution >= 0.6 is 0 Å². The van der Waals surface area contributed by atoms with Crippen molar-refractivity contribution in [1.29, 1.82) is 0 Å². The minimum absolute atomic E-state index is 0.364. The number of hydrogen-bond acceptors (Lipinski definition) is 3. The maximum atomic E-state index is 11.4. The molecule has 0 aromatic heterocycles. The number of nitrogens with zero attached hydrogens (tertiary/aromatic N) is 1. The Bertz CT molecular complexity index is 315. The van der Waals surface area contributed by atoms with Gasteiger partial charge in [-0.1, -0.05) is 26.2 Å². The molecular formula is C15H28N2O2. The van der Waals surface area contributed by atoms with Crippen molar-refractivity contribution < 1.29 is 9.90 Å². The molecule has 4 nitrogen and oxygen atoms in total. The van der Waals surface area contributed by atoms with E-state index in [0.29, 0.717) is 24.9 Å². The summed E-state index contributed by atoms with van der Waals surface area (Å²) in [5.41, 5.74) is 5.09. The quantitative estimate of drug-likeness (QED) is 0.821. The molecule has 2 fully saturated rings. The second-order valence-electron chi connectivity index (χ2n) is 6.33. The van der Waals surface area contributed by atoms with Crippen molar-refractivity contribution in [2.75, 3.05) is 6.54 Å². The minimum atomic E-state index is -0.995. The lowest BCUT2D eigenvalue weighted by molar-refractivity contribution is -0.145. The van der Waals surface area contributed by atoms with Crippen LogP contribution in [0.15, 0.2) is 0 Å². The minimum Gasteiger partial charge on any atom is -0.480 e. The van der Waals surface area contributed by atoms with Crippen LogP contribution in [-0.4, -0.2) is 40.1 Å². The maximum Gasteiger partial charge on any atom is 0.323 e. The van der Waals surface area contributed by atoms with Crippen LogP contribution in [0.4, 0.5) is 0 Å². The summed E-state index contributed by atoms with van der Waals surface area (Å²) in [5, 5.41) is 9.34. The number of carboxylic acids is 1. The summed E-state index contributed by atoms with van der Waals surface area (Å²) in [5.74, 6) is -0.822. The normalized spacial score (nSPS) is 33.5. The van der Waals surface area contributed by atoms with Crippen molar-refractivity contribution >= 4 is 5.97 Å². The summed E-state index contributed by atoms with van der Waals surface area (Å²) >= 11 is 0. The number of hydrogen-bond donors (Lipinski definition) is 2. The number of carboxylic acid groups (broad SMARTS) is 1. The van der Waals surface area contributed by atoms with E-state index in [1.807, 2.05) is 0 Å². The Hall–Kier alpha value is -0.610. The monoisotopic (exact) mass is 268 g/mol. The molecule has 2 aliphatic carbocycles. The van der Waals surface area contributed by atoms with Crippen LogP contribution in [-0.2, 0) is 4.79 Å². The van der Waals surface area contributed by atoms with E-state index in [-0.39, 0.29) is 0 Å². The molecule has 0 aromatic rings. The predicted molar refractivity (Wildman–Crippen MR) is 76.1 cm³/mol. The number of carbonyl (C=O) groups is 1. The Balaban J connectivity index is 2.03. The van der Waals surface area contributed by atoms with Crippen molar-refractivity contribution in [3.05, 3.63) is 0 Å². The molecule has 110 valence electrons. The van der Waals surface area contributed by atoms with Gasteiger partial charge in [-0.2, -0.15) is 0 Å². The van der Waals surface area contributed by atoms with Crippen LogP contribution in [0.1, 0.15) is 64.7 Å². The number of rotatable bonds is 4. The van der Waals surface area contributed by atoms with Gasteiger partial charge in [-0.3, -0.25) is 9.69 Å². The van der Waals surface area contributed by atoms with Gasteiger partial charge >= 0.3 is 5.97 Å². The largest absolute Gasteiger partial charge is 0.480 e. The summed E-state index contributed by atoms with van der Waals surface area (Å²) in [4.78, 5) is 13.9. The van der Waals surface area contributed by atoms with Crippen LogP contribution in [0.3, 0.4) is 0 Å². The fourth-order valence-electron chi connectivity index (χ4n) is 3.98. The highest BCUT2D eigenvalue weighted by Gasteiger charge is 2.42. The van der Waals surface area contributed by atoms with Crippen LogP contribution in [0.2, 0.25) is 0 Å². The third-order valence-corrected chi connectivity index (χ3v) is 5.06. The van der Waals surface area contributed by atoms with Gasteiger partial charge < -0.3 is 10.8 Å². The lowest BCUT2D eigenvalue weighted by Gasteiger charge is -2.44. The van der Waals surface area contributed by atoms with Gasteiger partial charge in [-0.15, -0.1) is 0 Å². The molecule has 0 radical (unpaired) electrons. The Kier molecular flexibility index (Phi) is 4.85. The third-order valence-electron chi connectivity index (χ3n) is 5.06. The highest BCUT2D eigenvalue weighted by molar-refractivity contribution is 5.78. The molecule has 0 bridgehead atoms. The van der Waals surface area contributed by atoms with Crippen LogP contribution in [0.25, 0.3) is 0 Å². The average Bonchev–Trinajstić information content (AvgIpc) is 2.41. The summed E-state index contributed by atoms with van der Waals surface area (Å²) in [6, 6.07) is 1.02. The van der Waals surface area contributed by atoms with Gasteiger partial charge in [-0.25, -0.2) is 0 Å². The maximum absolute atomic E-state index is 11.4. The van der Waals surface area contributed by atoms with Gasteiger partial charge in [0.25, 0.3) is 0 Å². The molecule has 0 saturated heterocycles. The molecule has 2 atom stereocenters. The Labute approximate surface area is 116 Å². The molecule has 2 unspecified atom stereocenters. The fraction of sp³-hybridized carbons (Fsp3) is 0.933. The molecule has 3 N–H and O–H groups in total. The SMILES string of the molecule is CCN(C1CCCCC1)C1CCCC(N)(C(=O)O)C1. The highest BCUT2D eigenvalue weighted by atomic mass is 16.4. The van der Waals surface area contributed by atoms with E-state index in [2.05, 4.69) is 11.8 Å². The van der Waals surface area contributed by atoms with Crippen LogP contribution in [0, 0.1) is 0 Å². The second-order valence-corrected chi connectivity index (χ2v) is 6.33. The lowest BCUT2D eigenvalue weighted by Crippen LogP contribution is -2.57. The summed E-state index contributed by atoms with van der Waals surface area (Å²) < 4.78 is 0. The van der Waals surface area contributed by atoms with E-state index < -0.39 is 11.5 Å². The van der Waals surface area contributed by atoms with Gasteiger partial charge in [0.05, 0.1) is 0 Å². The second kappa shape index (κ2) is 6.23. The molecule has 0 heterocycles. The Morgan fingerprint density at radius 1 is 1.21 bits per heavy atom. The van der Waals surface area contributed by atoms with Crippen molar-refractivity contribution in [3.8, 4) is 0 Å². The number of nitrogens with two attached hydrogens (primary N) is 1. The first-order chi connectivity index (χ1) is 9.07. The van der Waals surface area contributed by atoms with Gasteiger partial charge in [0.1, 0.15) is 5.54 Å². The van der Waals surface area contributed by atoms with Crippen LogP contribution in [0.5, 0.6) is 0 Å². The van der Waals surface area contributed by atoms with Gasteiger partial charge in [0.15, 0.2) is 0 Å². The molecule has 0 amide bonds. The number of aliphatic carboxylic acids is 1. The zero-order valence-corrected chi connectivity index (χ0v) is 12.1. The first-order valence-corrected chi connectivity index (χ1v) is 7.85. The molecule has 0 aliphatic heterocycles. The van der Waals surface area contributed by atoms with Gasteiger partial charge in [-0.05, 0) is 45.1 Å². The molecule has 2 saturated carbocycles. The summed E-state index contributed by atoms with van der Waals surface area (Å²) in [6.45, 7) is 3.22. The first kappa shape index (κ1) is 14.8. The first-order valence-electron chi connectivity index (χ1n) is 7.85. The molecular weight excluding hydrogens is 240 g/mol. The van der Waals surface area contributed by atoms with Crippen molar-refractivity contribution in [2.45, 2.75) is 82.3 Å². The topological polar surface area (TPSA) is 66.6 Å². The standard InChI is InChI=1S/C15H28N2O2/c1-2-17(12-7-4-3-5-8-12)13-9-6-10-15(16,11-13)14(18)19/h12-13H,2-11,16H2,1H3,(H,18,19). The molecule has 4 heteroatoms. The van der Waals surface area contributed by atoms with E-state index >= 15 is 0 Å². The molecule has 0 aromatic carbocycles. The molecule has 0 spiro atoms. The smallest absolute Gasteiger partial charge is 0.323 e. The van der Waals surface area contributed by atoms with Crippen molar-refractivity contribution in [3.63, 3.8) is 0 Å². The fourth-order valence-corrected chi connectivity index (χ4v) is 3.98. The lowest BCUT2D eigenvalue weighted by atomic mass is 9.78. The van der Waals surface area contributed by atoms with E-state index in [4.69, 9.17) is 5.73 Å². The van der Waals surface area contributed by atoms with E-state index in [1.54, 1.807) is 0 Å². The molecule has 2 aliphatic rings.